The number of nitrogens with one attached hydrogen (secondary N) is 1. The molecule has 0 spiro atoms. The van der Waals surface area contributed by atoms with Crippen LogP contribution in [0.3, 0.4) is 0 Å². The van der Waals surface area contributed by atoms with E-state index in [1.54, 1.807) is 0 Å². The van der Waals surface area contributed by atoms with Gasteiger partial charge in [-0.1, -0.05) is 64.4 Å². The van der Waals surface area contributed by atoms with Crippen LogP contribution < -0.4 is 5.32 Å². The van der Waals surface area contributed by atoms with Crippen LogP contribution in [0.4, 0.5) is 4.79 Å². The highest BCUT2D eigenvalue weighted by molar-refractivity contribution is 5.90. The number of rotatable bonds is 7. The van der Waals surface area contributed by atoms with Gasteiger partial charge in [-0.3, -0.25) is 4.79 Å². The number of fused-ring (bicyclic) bond motifs is 1. The lowest BCUT2D eigenvalue weighted by atomic mass is 9.95. The van der Waals surface area contributed by atoms with E-state index in [1.807, 2.05) is 58.0 Å². The Labute approximate surface area is 171 Å². The zero-order valence-corrected chi connectivity index (χ0v) is 17.4. The quantitative estimate of drug-likeness (QED) is 0.731. The molecule has 7 heteroatoms. The molecule has 1 aliphatic carbocycles. The molecule has 0 bridgehead atoms. The summed E-state index contributed by atoms with van der Waals surface area (Å²) in [6, 6.07) is 7.63. The highest BCUT2D eigenvalue weighted by Crippen LogP contribution is 2.64. The summed E-state index contributed by atoms with van der Waals surface area (Å²) in [5.74, 6) is -1.31. The number of aliphatic carboxylic acids is 1. The lowest BCUT2D eigenvalue weighted by Gasteiger charge is -2.33. The standard InChI is InChI=1S/C22H30N2O5/c1-5-13(2)17(23-21(28)29-12-14-9-7-6-8-10-14)19(25)24-11-15-16(22(15,3)4)18(24)20(26)27/h6-10,13,15-18H,5,11-12H2,1-4H3,(H,23,28)(H,26,27)/t13?,15-,16-,17?,18-/m0/s1. The van der Waals surface area contributed by atoms with E-state index in [-0.39, 0.29) is 35.7 Å². The first-order valence-corrected chi connectivity index (χ1v) is 10.2. The highest BCUT2D eigenvalue weighted by atomic mass is 16.5. The molecule has 7 nitrogen and oxygen atoms in total. The largest absolute Gasteiger partial charge is 0.480 e. The fourth-order valence-electron chi connectivity index (χ4n) is 4.55. The Morgan fingerprint density at radius 2 is 1.93 bits per heavy atom. The number of alkyl carbamates (subject to hydrolysis) is 1. The number of amides is 2. The van der Waals surface area contributed by atoms with E-state index in [4.69, 9.17) is 4.74 Å². The number of carbonyl (C=O) groups excluding carboxylic acids is 2. The van der Waals surface area contributed by atoms with Crippen molar-refractivity contribution in [1.29, 1.82) is 0 Å². The molecule has 2 aliphatic rings. The SMILES string of the molecule is CCC(C)C(NC(=O)OCc1ccccc1)C(=O)N1C[C@H]2[C@@H]([C@H]1C(=O)O)C2(C)C. The zero-order valence-electron chi connectivity index (χ0n) is 17.4. The van der Waals surface area contributed by atoms with Gasteiger partial charge in [-0.2, -0.15) is 0 Å². The van der Waals surface area contributed by atoms with Gasteiger partial charge in [-0.15, -0.1) is 0 Å². The second kappa shape index (κ2) is 8.05. The average molecular weight is 402 g/mol. The first kappa shape index (κ1) is 21.1. The Morgan fingerprint density at radius 1 is 1.28 bits per heavy atom. The fourth-order valence-corrected chi connectivity index (χ4v) is 4.55. The molecule has 2 amide bonds. The van der Waals surface area contributed by atoms with Crippen molar-refractivity contribution in [2.45, 2.75) is 52.8 Å². The summed E-state index contributed by atoms with van der Waals surface area (Å²) in [7, 11) is 0. The van der Waals surface area contributed by atoms with Gasteiger partial charge in [0.25, 0.3) is 0 Å². The molecule has 3 rings (SSSR count). The maximum Gasteiger partial charge on any atom is 0.408 e. The number of carbonyl (C=O) groups is 3. The molecule has 2 fully saturated rings. The van der Waals surface area contributed by atoms with Gasteiger partial charge in [0.15, 0.2) is 0 Å². The number of carboxylic acid groups (broad SMARTS) is 1. The molecule has 29 heavy (non-hydrogen) atoms. The van der Waals surface area contributed by atoms with Crippen LogP contribution >= 0.6 is 0 Å². The monoisotopic (exact) mass is 402 g/mol. The predicted octanol–water partition coefficient (Wildman–Crippen LogP) is 2.90. The molecule has 2 unspecified atom stereocenters. The highest BCUT2D eigenvalue weighted by Gasteiger charge is 2.69. The summed E-state index contributed by atoms with van der Waals surface area (Å²) in [6.07, 6.45) is -0.0108. The molecule has 1 heterocycles. The lowest BCUT2D eigenvalue weighted by molar-refractivity contribution is -0.151. The van der Waals surface area contributed by atoms with E-state index in [1.165, 1.54) is 4.90 Å². The van der Waals surface area contributed by atoms with E-state index >= 15 is 0 Å². The van der Waals surface area contributed by atoms with Crippen LogP contribution in [-0.4, -0.2) is 46.6 Å². The van der Waals surface area contributed by atoms with Crippen molar-refractivity contribution in [3.8, 4) is 0 Å². The average Bonchev–Trinajstić information content (AvgIpc) is 3.05. The van der Waals surface area contributed by atoms with Gasteiger partial charge in [0.1, 0.15) is 18.7 Å². The van der Waals surface area contributed by atoms with Crippen LogP contribution in [-0.2, 0) is 20.9 Å². The first-order valence-electron chi connectivity index (χ1n) is 10.2. The number of hydrogen-bond acceptors (Lipinski definition) is 4. The molecular weight excluding hydrogens is 372 g/mol. The number of nitrogens with zero attached hydrogens (tertiary/aromatic N) is 1. The number of hydrogen-bond donors (Lipinski definition) is 2. The second-order valence-electron chi connectivity index (χ2n) is 8.80. The van der Waals surface area contributed by atoms with Crippen molar-refractivity contribution in [1.82, 2.24) is 10.2 Å². The number of benzene rings is 1. The topological polar surface area (TPSA) is 95.9 Å². The fraction of sp³-hybridized carbons (Fsp3) is 0.591. The molecule has 2 N–H and O–H groups in total. The summed E-state index contributed by atoms with van der Waals surface area (Å²) >= 11 is 0. The minimum Gasteiger partial charge on any atom is -0.480 e. The van der Waals surface area contributed by atoms with Gasteiger partial charge in [-0.05, 0) is 22.8 Å². The van der Waals surface area contributed by atoms with E-state index in [2.05, 4.69) is 5.32 Å². The van der Waals surface area contributed by atoms with Crippen LogP contribution in [0.15, 0.2) is 30.3 Å². The van der Waals surface area contributed by atoms with E-state index < -0.39 is 24.1 Å². The summed E-state index contributed by atoms with van der Waals surface area (Å²) in [5.41, 5.74) is 0.787. The predicted molar refractivity (Wildman–Crippen MR) is 107 cm³/mol. The van der Waals surface area contributed by atoms with Crippen molar-refractivity contribution in [3.63, 3.8) is 0 Å². The van der Waals surface area contributed by atoms with Crippen LogP contribution in [0.25, 0.3) is 0 Å². The summed E-state index contributed by atoms with van der Waals surface area (Å²) in [6.45, 7) is 8.42. The molecule has 0 aromatic heterocycles. The summed E-state index contributed by atoms with van der Waals surface area (Å²) in [4.78, 5) is 38.9. The minimum absolute atomic E-state index is 0.0356. The third kappa shape index (κ3) is 4.09. The Bertz CT molecular complexity index is 779. The van der Waals surface area contributed by atoms with E-state index in [0.717, 1.165) is 5.56 Å². The van der Waals surface area contributed by atoms with E-state index in [9.17, 15) is 19.5 Å². The Hall–Kier alpha value is -2.57. The van der Waals surface area contributed by atoms with Gasteiger partial charge in [0, 0.05) is 12.5 Å². The number of ether oxygens (including phenoxy) is 1. The molecule has 5 atom stereocenters. The van der Waals surface area contributed by atoms with Gasteiger partial charge in [0.2, 0.25) is 5.91 Å². The summed E-state index contributed by atoms with van der Waals surface area (Å²) in [5, 5.41) is 12.4. The second-order valence-corrected chi connectivity index (χ2v) is 8.80. The van der Waals surface area contributed by atoms with E-state index in [0.29, 0.717) is 13.0 Å². The molecule has 1 saturated heterocycles. The molecule has 158 valence electrons. The van der Waals surface area contributed by atoms with Gasteiger partial charge < -0.3 is 20.1 Å². The van der Waals surface area contributed by atoms with Crippen molar-refractivity contribution in [2.75, 3.05) is 6.54 Å². The third-order valence-electron chi connectivity index (χ3n) is 6.71. The molecule has 1 saturated carbocycles. The molecule has 1 aromatic carbocycles. The maximum absolute atomic E-state index is 13.2. The van der Waals surface area contributed by atoms with Crippen molar-refractivity contribution < 1.29 is 24.2 Å². The van der Waals surface area contributed by atoms with Gasteiger partial charge in [-0.25, -0.2) is 9.59 Å². The van der Waals surface area contributed by atoms with Gasteiger partial charge in [0.05, 0.1) is 0 Å². The van der Waals surface area contributed by atoms with Gasteiger partial charge >= 0.3 is 12.1 Å². The zero-order chi connectivity index (χ0) is 21.3. The van der Waals surface area contributed by atoms with Crippen molar-refractivity contribution in [3.05, 3.63) is 35.9 Å². The minimum atomic E-state index is -0.981. The normalized spacial score (nSPS) is 26.2. The molecule has 1 aliphatic heterocycles. The molecular formula is C22H30N2O5. The Kier molecular flexibility index (Phi) is 5.87. The van der Waals surface area contributed by atoms with Crippen LogP contribution in [0.1, 0.15) is 39.7 Å². The Morgan fingerprint density at radius 3 is 2.52 bits per heavy atom. The number of likely N-dealkylation sites (tertiary alicyclic amines) is 1. The first-order chi connectivity index (χ1) is 13.7. The number of piperidine rings is 1. The molecule has 1 aromatic rings. The lowest BCUT2D eigenvalue weighted by Crippen LogP contribution is -2.56. The number of carboxylic acids is 1. The third-order valence-corrected chi connectivity index (χ3v) is 6.71. The smallest absolute Gasteiger partial charge is 0.408 e. The molecule has 0 radical (unpaired) electrons. The summed E-state index contributed by atoms with van der Waals surface area (Å²) < 4.78 is 5.27. The van der Waals surface area contributed by atoms with Crippen LogP contribution in [0.5, 0.6) is 0 Å². The Balaban J connectivity index is 1.67. The van der Waals surface area contributed by atoms with Crippen molar-refractivity contribution in [2.24, 2.45) is 23.2 Å². The van der Waals surface area contributed by atoms with Crippen molar-refractivity contribution >= 4 is 18.0 Å². The van der Waals surface area contributed by atoms with Crippen LogP contribution in [0.2, 0.25) is 0 Å². The van der Waals surface area contributed by atoms with Crippen LogP contribution in [0, 0.1) is 23.2 Å². The maximum atomic E-state index is 13.2.